The molecule has 182 valence electrons. The van der Waals surface area contributed by atoms with Crippen LogP contribution in [0, 0.1) is 6.92 Å². The first-order valence-electron chi connectivity index (χ1n) is 11.8. The number of aromatic nitrogens is 1. The Bertz CT molecular complexity index is 1350. The highest BCUT2D eigenvalue weighted by Crippen LogP contribution is 2.36. The van der Waals surface area contributed by atoms with Gasteiger partial charge in [-0.2, -0.15) is 0 Å². The van der Waals surface area contributed by atoms with E-state index in [2.05, 4.69) is 15.2 Å². The second kappa shape index (κ2) is 10.6. The van der Waals surface area contributed by atoms with Crippen molar-refractivity contribution < 1.29 is 19.0 Å². The van der Waals surface area contributed by atoms with Crippen LogP contribution in [0.2, 0.25) is 0 Å². The molecule has 35 heavy (non-hydrogen) atoms. The van der Waals surface area contributed by atoms with Gasteiger partial charge in [0, 0.05) is 52.2 Å². The zero-order valence-electron chi connectivity index (χ0n) is 20.0. The molecule has 1 N–H and O–H groups in total. The summed E-state index contributed by atoms with van der Waals surface area (Å²) in [5.74, 6) is 2.19. The third kappa shape index (κ3) is 5.24. The monoisotopic (exact) mass is 491 g/mol. The van der Waals surface area contributed by atoms with Gasteiger partial charge in [0.1, 0.15) is 17.2 Å². The number of carbonyl (C=O) groups excluding carboxylic acids is 1. The number of thiophene rings is 1. The number of nitrogens with zero attached hydrogens (tertiary/aromatic N) is 2. The molecule has 5 rings (SSSR count). The SMILES string of the molecule is COc1ccc2c(Oc3ccc4c(C(=O)NCCCN5CCOCC5)c(C)sc4c3)ccnc2c1. The number of morpholine rings is 1. The number of hydrogen-bond acceptors (Lipinski definition) is 7. The molecule has 8 heteroatoms. The summed E-state index contributed by atoms with van der Waals surface area (Å²) in [7, 11) is 1.64. The summed E-state index contributed by atoms with van der Waals surface area (Å²) < 4.78 is 17.9. The predicted octanol–water partition coefficient (Wildman–Crippen LogP) is 5.01. The second-order valence-corrected chi connectivity index (χ2v) is 9.81. The molecule has 7 nitrogen and oxygen atoms in total. The summed E-state index contributed by atoms with van der Waals surface area (Å²) in [6.45, 7) is 7.16. The molecule has 2 aromatic carbocycles. The predicted molar refractivity (Wildman–Crippen MR) is 139 cm³/mol. The summed E-state index contributed by atoms with van der Waals surface area (Å²) in [4.78, 5) is 20.8. The van der Waals surface area contributed by atoms with Crippen LogP contribution in [0.25, 0.3) is 21.0 Å². The molecule has 4 aromatic rings. The standard InChI is InChI=1S/C27H29N3O4S/c1-18-26(27(31)29-9-3-11-30-12-14-33-15-13-30)22-7-5-20(17-25(22)35-18)34-24-8-10-28-23-16-19(32-2)4-6-21(23)24/h4-8,10,16-17H,3,9,11-15H2,1-2H3,(H,29,31). The molecular formula is C27H29N3O4S. The number of hydrogen-bond donors (Lipinski definition) is 1. The molecule has 2 aromatic heterocycles. The third-order valence-electron chi connectivity index (χ3n) is 6.24. The van der Waals surface area contributed by atoms with E-state index in [1.807, 2.05) is 49.4 Å². The molecule has 1 fully saturated rings. The van der Waals surface area contributed by atoms with E-state index in [1.54, 1.807) is 24.6 Å². The number of fused-ring (bicyclic) bond motifs is 2. The molecule has 0 unspecified atom stereocenters. The maximum Gasteiger partial charge on any atom is 0.253 e. The Balaban J connectivity index is 1.28. The van der Waals surface area contributed by atoms with E-state index in [4.69, 9.17) is 14.2 Å². The number of carbonyl (C=O) groups is 1. The summed E-state index contributed by atoms with van der Waals surface area (Å²) in [6, 6.07) is 13.5. The topological polar surface area (TPSA) is 72.9 Å². The van der Waals surface area contributed by atoms with Gasteiger partial charge in [-0.3, -0.25) is 14.7 Å². The minimum Gasteiger partial charge on any atom is -0.497 e. The molecule has 0 aliphatic carbocycles. The summed E-state index contributed by atoms with van der Waals surface area (Å²) in [5.41, 5.74) is 1.56. The fourth-order valence-corrected chi connectivity index (χ4v) is 5.50. The van der Waals surface area contributed by atoms with E-state index in [9.17, 15) is 4.79 Å². The Morgan fingerprint density at radius 3 is 2.74 bits per heavy atom. The first-order valence-corrected chi connectivity index (χ1v) is 12.7. The number of aryl methyl sites for hydroxylation is 1. The zero-order chi connectivity index (χ0) is 24.2. The first-order chi connectivity index (χ1) is 17.1. The van der Waals surface area contributed by atoms with Crippen LogP contribution >= 0.6 is 11.3 Å². The zero-order valence-corrected chi connectivity index (χ0v) is 20.8. The van der Waals surface area contributed by atoms with Gasteiger partial charge in [-0.1, -0.05) is 0 Å². The van der Waals surface area contributed by atoms with E-state index in [0.717, 1.165) is 87.9 Å². The van der Waals surface area contributed by atoms with Crippen molar-refractivity contribution in [1.82, 2.24) is 15.2 Å². The Hall–Kier alpha value is -3.20. The number of amides is 1. The third-order valence-corrected chi connectivity index (χ3v) is 7.31. The summed E-state index contributed by atoms with van der Waals surface area (Å²) >= 11 is 1.61. The Morgan fingerprint density at radius 2 is 1.91 bits per heavy atom. The molecule has 1 aliphatic rings. The maximum absolute atomic E-state index is 13.0. The van der Waals surface area contributed by atoms with E-state index in [0.29, 0.717) is 6.54 Å². The maximum atomic E-state index is 13.0. The van der Waals surface area contributed by atoms with Crippen LogP contribution in [0.3, 0.4) is 0 Å². The van der Waals surface area contributed by atoms with Crippen LogP contribution in [0.5, 0.6) is 17.2 Å². The van der Waals surface area contributed by atoms with Gasteiger partial charge in [0.05, 0.1) is 31.4 Å². The van der Waals surface area contributed by atoms with Crippen LogP contribution in [-0.2, 0) is 4.74 Å². The Labute approximate surface area is 208 Å². The first kappa shape index (κ1) is 23.5. The largest absolute Gasteiger partial charge is 0.497 e. The molecule has 0 bridgehead atoms. The van der Waals surface area contributed by atoms with Crippen LogP contribution < -0.4 is 14.8 Å². The van der Waals surface area contributed by atoms with Crippen molar-refractivity contribution in [2.24, 2.45) is 0 Å². The molecule has 3 heterocycles. The molecule has 1 saturated heterocycles. The van der Waals surface area contributed by atoms with Crippen molar-refractivity contribution in [3.8, 4) is 17.2 Å². The lowest BCUT2D eigenvalue weighted by Crippen LogP contribution is -2.38. The lowest BCUT2D eigenvalue weighted by atomic mass is 10.1. The minimum atomic E-state index is -0.0153. The summed E-state index contributed by atoms with van der Waals surface area (Å²) in [6.07, 6.45) is 2.66. The molecule has 0 spiro atoms. The molecule has 1 amide bonds. The van der Waals surface area contributed by atoms with Crippen molar-refractivity contribution in [2.45, 2.75) is 13.3 Å². The average Bonchev–Trinajstić information content (AvgIpc) is 3.22. The number of rotatable bonds is 8. The fourth-order valence-electron chi connectivity index (χ4n) is 4.41. The molecule has 0 atom stereocenters. The van der Waals surface area contributed by atoms with Gasteiger partial charge in [-0.15, -0.1) is 11.3 Å². The van der Waals surface area contributed by atoms with Gasteiger partial charge < -0.3 is 19.5 Å². The highest BCUT2D eigenvalue weighted by atomic mass is 32.1. The number of benzene rings is 2. The van der Waals surface area contributed by atoms with E-state index in [1.165, 1.54) is 0 Å². The Kier molecular flexibility index (Phi) is 7.13. The normalized spacial score (nSPS) is 14.3. The number of pyridine rings is 1. The van der Waals surface area contributed by atoms with Crippen LogP contribution in [0.1, 0.15) is 21.7 Å². The van der Waals surface area contributed by atoms with Gasteiger partial charge in [-0.05, 0) is 56.3 Å². The van der Waals surface area contributed by atoms with Crippen molar-refractivity contribution in [3.63, 3.8) is 0 Å². The van der Waals surface area contributed by atoms with Crippen molar-refractivity contribution in [1.29, 1.82) is 0 Å². The Morgan fingerprint density at radius 1 is 1.11 bits per heavy atom. The minimum absolute atomic E-state index is 0.0153. The van der Waals surface area contributed by atoms with E-state index in [-0.39, 0.29) is 5.91 Å². The van der Waals surface area contributed by atoms with Gasteiger partial charge in [0.25, 0.3) is 5.91 Å². The molecule has 0 saturated carbocycles. The molecule has 0 radical (unpaired) electrons. The van der Waals surface area contributed by atoms with Crippen LogP contribution in [0.4, 0.5) is 0 Å². The van der Waals surface area contributed by atoms with Gasteiger partial charge in [-0.25, -0.2) is 0 Å². The molecule has 1 aliphatic heterocycles. The van der Waals surface area contributed by atoms with Gasteiger partial charge in [0.15, 0.2) is 0 Å². The fraction of sp³-hybridized carbons (Fsp3) is 0.333. The lowest BCUT2D eigenvalue weighted by molar-refractivity contribution is 0.0374. The van der Waals surface area contributed by atoms with Crippen molar-refractivity contribution in [3.05, 3.63) is 59.1 Å². The number of nitrogens with one attached hydrogen (secondary N) is 1. The van der Waals surface area contributed by atoms with Crippen molar-refractivity contribution in [2.75, 3.05) is 46.5 Å². The number of ether oxygens (including phenoxy) is 3. The second-order valence-electron chi connectivity index (χ2n) is 8.55. The highest BCUT2D eigenvalue weighted by molar-refractivity contribution is 7.19. The van der Waals surface area contributed by atoms with Crippen molar-refractivity contribution >= 4 is 38.2 Å². The van der Waals surface area contributed by atoms with Gasteiger partial charge >= 0.3 is 0 Å². The quantitative estimate of drug-likeness (QED) is 0.349. The molecular weight excluding hydrogens is 462 g/mol. The van der Waals surface area contributed by atoms with Crippen LogP contribution in [0.15, 0.2) is 48.7 Å². The van der Waals surface area contributed by atoms with Gasteiger partial charge in [0.2, 0.25) is 0 Å². The van der Waals surface area contributed by atoms with Crippen LogP contribution in [-0.4, -0.2) is 62.3 Å². The lowest BCUT2D eigenvalue weighted by Gasteiger charge is -2.26. The van der Waals surface area contributed by atoms with E-state index >= 15 is 0 Å². The smallest absolute Gasteiger partial charge is 0.253 e. The highest BCUT2D eigenvalue weighted by Gasteiger charge is 2.17. The van der Waals surface area contributed by atoms with E-state index < -0.39 is 0 Å². The average molecular weight is 492 g/mol. The summed E-state index contributed by atoms with van der Waals surface area (Å²) in [5, 5.41) is 4.97. The number of methoxy groups -OCH3 is 1.